The summed E-state index contributed by atoms with van der Waals surface area (Å²) in [5, 5.41) is 0. The molecule has 0 spiro atoms. The fraction of sp³-hybridized carbons (Fsp3) is 1.00. The molecule has 0 radical (unpaired) electrons. The van der Waals surface area contributed by atoms with Gasteiger partial charge in [-0.3, -0.25) is 4.90 Å². The molecule has 0 aromatic heterocycles. The monoisotopic (exact) mass is 215 g/mol. The van der Waals surface area contributed by atoms with Crippen molar-refractivity contribution in [2.45, 2.75) is 68.4 Å². The maximum atomic E-state index is 2.56. The molecular formula is C14H33N. The van der Waals surface area contributed by atoms with Gasteiger partial charge in [0.25, 0.3) is 0 Å². The normalized spacial score (nSPS) is 18.4. The van der Waals surface area contributed by atoms with Gasteiger partial charge in [0.15, 0.2) is 0 Å². The standard InChI is InChI=1S/C11H23N.C2H6.CH4/c1-10(2,3)9-7-12(8-9)11(4,5)6;1-2;/h9H,7-8H2,1-6H3;1-2H3;1H4. The van der Waals surface area contributed by atoms with E-state index in [-0.39, 0.29) is 7.43 Å². The van der Waals surface area contributed by atoms with E-state index in [1.807, 2.05) is 13.8 Å². The minimum Gasteiger partial charge on any atom is -0.298 e. The number of nitrogens with zero attached hydrogens (tertiary/aromatic N) is 1. The molecule has 0 aromatic rings. The van der Waals surface area contributed by atoms with Gasteiger partial charge in [0.05, 0.1) is 0 Å². The lowest BCUT2D eigenvalue weighted by atomic mass is 9.74. The molecule has 0 N–H and O–H groups in total. The van der Waals surface area contributed by atoms with Gasteiger partial charge in [-0.05, 0) is 32.1 Å². The van der Waals surface area contributed by atoms with Crippen molar-refractivity contribution in [1.82, 2.24) is 4.90 Å². The summed E-state index contributed by atoms with van der Waals surface area (Å²) >= 11 is 0. The van der Waals surface area contributed by atoms with Gasteiger partial charge in [-0.2, -0.15) is 0 Å². The molecule has 1 nitrogen and oxygen atoms in total. The van der Waals surface area contributed by atoms with Crippen LogP contribution in [0.25, 0.3) is 0 Å². The van der Waals surface area contributed by atoms with Crippen LogP contribution >= 0.6 is 0 Å². The maximum Gasteiger partial charge on any atom is 0.0125 e. The second-order valence-electron chi connectivity index (χ2n) is 6.14. The van der Waals surface area contributed by atoms with Gasteiger partial charge in [0, 0.05) is 18.6 Å². The van der Waals surface area contributed by atoms with E-state index >= 15 is 0 Å². The van der Waals surface area contributed by atoms with Crippen molar-refractivity contribution in [1.29, 1.82) is 0 Å². The molecule has 1 aliphatic rings. The second kappa shape index (κ2) is 5.89. The molecule has 15 heavy (non-hydrogen) atoms. The van der Waals surface area contributed by atoms with Crippen molar-refractivity contribution < 1.29 is 0 Å². The molecule has 0 aliphatic carbocycles. The largest absolute Gasteiger partial charge is 0.298 e. The van der Waals surface area contributed by atoms with Crippen molar-refractivity contribution in [3.63, 3.8) is 0 Å². The van der Waals surface area contributed by atoms with E-state index in [0.717, 1.165) is 5.92 Å². The fourth-order valence-corrected chi connectivity index (χ4v) is 1.57. The lowest BCUT2D eigenvalue weighted by molar-refractivity contribution is -0.0345. The molecule has 1 aliphatic heterocycles. The summed E-state index contributed by atoms with van der Waals surface area (Å²) in [6.45, 7) is 20.5. The van der Waals surface area contributed by atoms with Crippen molar-refractivity contribution in [2.75, 3.05) is 13.1 Å². The van der Waals surface area contributed by atoms with Gasteiger partial charge in [0.2, 0.25) is 0 Å². The lowest BCUT2D eigenvalue weighted by Gasteiger charge is -2.52. The Balaban J connectivity index is 0. The number of rotatable bonds is 0. The van der Waals surface area contributed by atoms with Gasteiger partial charge in [0.1, 0.15) is 0 Å². The fourth-order valence-electron chi connectivity index (χ4n) is 1.57. The highest BCUT2D eigenvalue weighted by molar-refractivity contribution is 4.93. The maximum absolute atomic E-state index is 2.56. The zero-order valence-corrected chi connectivity index (χ0v) is 11.4. The summed E-state index contributed by atoms with van der Waals surface area (Å²) in [7, 11) is 0. The molecule has 1 saturated heterocycles. The Kier molecular flexibility index (Phi) is 6.81. The van der Waals surface area contributed by atoms with Crippen LogP contribution in [0.4, 0.5) is 0 Å². The number of hydrogen-bond acceptors (Lipinski definition) is 1. The van der Waals surface area contributed by atoms with Crippen LogP contribution in [0.5, 0.6) is 0 Å². The minimum atomic E-state index is 0. The highest BCUT2D eigenvalue weighted by Gasteiger charge is 2.39. The molecule has 1 rings (SSSR count). The minimum absolute atomic E-state index is 0. The van der Waals surface area contributed by atoms with Crippen molar-refractivity contribution in [3.05, 3.63) is 0 Å². The molecule has 0 atom stereocenters. The Morgan fingerprint density at radius 1 is 0.867 bits per heavy atom. The predicted octanol–water partition coefficient (Wildman–Crippen LogP) is 4.43. The first-order valence-corrected chi connectivity index (χ1v) is 5.96. The summed E-state index contributed by atoms with van der Waals surface area (Å²) in [5.41, 5.74) is 0.878. The van der Waals surface area contributed by atoms with Gasteiger partial charge in [-0.1, -0.05) is 42.0 Å². The van der Waals surface area contributed by atoms with E-state index in [4.69, 9.17) is 0 Å². The Labute approximate surface area is 98.2 Å². The van der Waals surface area contributed by atoms with Crippen molar-refractivity contribution in [2.24, 2.45) is 11.3 Å². The second-order valence-corrected chi connectivity index (χ2v) is 6.14. The Morgan fingerprint density at radius 3 is 1.40 bits per heavy atom. The zero-order chi connectivity index (χ0) is 11.6. The van der Waals surface area contributed by atoms with Gasteiger partial charge in [-0.15, -0.1) is 0 Å². The zero-order valence-electron chi connectivity index (χ0n) is 11.4. The highest BCUT2D eigenvalue weighted by Crippen LogP contribution is 2.36. The van der Waals surface area contributed by atoms with Crippen molar-refractivity contribution in [3.8, 4) is 0 Å². The third-order valence-electron chi connectivity index (χ3n) is 3.05. The van der Waals surface area contributed by atoms with Crippen LogP contribution in [-0.4, -0.2) is 23.5 Å². The van der Waals surface area contributed by atoms with Crippen LogP contribution in [0.2, 0.25) is 0 Å². The van der Waals surface area contributed by atoms with Gasteiger partial charge in [-0.25, -0.2) is 0 Å². The Morgan fingerprint density at radius 2 is 1.20 bits per heavy atom. The van der Waals surface area contributed by atoms with Crippen LogP contribution in [-0.2, 0) is 0 Å². The lowest BCUT2D eigenvalue weighted by Crippen LogP contribution is -2.59. The third kappa shape index (κ3) is 5.01. The summed E-state index contributed by atoms with van der Waals surface area (Å²) in [6.07, 6.45) is 0. The van der Waals surface area contributed by atoms with Crippen LogP contribution < -0.4 is 0 Å². The smallest absolute Gasteiger partial charge is 0.0125 e. The first-order chi connectivity index (χ1) is 6.21. The molecular weight excluding hydrogens is 182 g/mol. The Hall–Kier alpha value is -0.0400. The summed E-state index contributed by atoms with van der Waals surface area (Å²) in [4.78, 5) is 2.56. The van der Waals surface area contributed by atoms with Crippen LogP contribution in [0.3, 0.4) is 0 Å². The van der Waals surface area contributed by atoms with Crippen LogP contribution in [0.1, 0.15) is 62.8 Å². The summed E-state index contributed by atoms with van der Waals surface area (Å²) < 4.78 is 0. The number of likely N-dealkylation sites (tertiary alicyclic amines) is 1. The van der Waals surface area contributed by atoms with Gasteiger partial charge < -0.3 is 0 Å². The predicted molar refractivity (Wildman–Crippen MR) is 72.4 cm³/mol. The molecule has 0 unspecified atom stereocenters. The van der Waals surface area contributed by atoms with E-state index in [9.17, 15) is 0 Å². The first kappa shape index (κ1) is 17.4. The average Bonchev–Trinajstić information content (AvgIpc) is 1.80. The molecule has 0 bridgehead atoms. The van der Waals surface area contributed by atoms with E-state index in [0.29, 0.717) is 11.0 Å². The third-order valence-corrected chi connectivity index (χ3v) is 3.05. The average molecular weight is 215 g/mol. The van der Waals surface area contributed by atoms with E-state index in [1.54, 1.807) is 0 Å². The Bertz CT molecular complexity index is 135. The molecule has 0 aromatic carbocycles. The van der Waals surface area contributed by atoms with E-state index in [1.165, 1.54) is 13.1 Å². The SMILES string of the molecule is C.CC.CC(C)(C)C1CN(C(C)(C)C)C1. The molecule has 0 amide bonds. The van der Waals surface area contributed by atoms with Crippen molar-refractivity contribution >= 4 is 0 Å². The molecule has 1 heterocycles. The first-order valence-electron chi connectivity index (χ1n) is 5.96. The van der Waals surface area contributed by atoms with E-state index < -0.39 is 0 Å². The molecule has 0 saturated carbocycles. The van der Waals surface area contributed by atoms with Crippen LogP contribution in [0, 0.1) is 11.3 Å². The van der Waals surface area contributed by atoms with E-state index in [2.05, 4.69) is 46.4 Å². The number of hydrogen-bond donors (Lipinski definition) is 0. The topological polar surface area (TPSA) is 3.24 Å². The highest BCUT2D eigenvalue weighted by atomic mass is 15.2. The molecule has 1 heteroatoms. The molecule has 94 valence electrons. The summed E-state index contributed by atoms with van der Waals surface area (Å²) in [5.74, 6) is 0.900. The summed E-state index contributed by atoms with van der Waals surface area (Å²) in [6, 6.07) is 0. The molecule has 1 fully saturated rings. The van der Waals surface area contributed by atoms with Gasteiger partial charge >= 0.3 is 0 Å². The quantitative estimate of drug-likeness (QED) is 0.578. The van der Waals surface area contributed by atoms with Crippen LogP contribution in [0.15, 0.2) is 0 Å².